The van der Waals surface area contributed by atoms with Crippen LogP contribution in [-0.4, -0.2) is 99.6 Å². The van der Waals surface area contributed by atoms with Crippen molar-refractivity contribution in [1.82, 2.24) is 4.90 Å². The van der Waals surface area contributed by atoms with E-state index in [2.05, 4.69) is 30.9 Å². The Kier molecular flexibility index (Phi) is 28.6. The lowest BCUT2D eigenvalue weighted by molar-refractivity contribution is -0.171. The number of esters is 5. The monoisotopic (exact) mass is 834 g/mol. The highest BCUT2D eigenvalue weighted by Gasteiger charge is 2.45. The van der Waals surface area contributed by atoms with Gasteiger partial charge in [0.05, 0.1) is 12.0 Å². The van der Waals surface area contributed by atoms with Crippen LogP contribution in [0, 0.1) is 5.41 Å². The fourth-order valence-electron chi connectivity index (χ4n) is 7.09. The van der Waals surface area contributed by atoms with Gasteiger partial charge in [0.25, 0.3) is 0 Å². The van der Waals surface area contributed by atoms with E-state index in [-0.39, 0.29) is 44.0 Å². The first kappa shape index (κ1) is 51.9. The fraction of sp³-hybridized carbons (Fsp3) is 0.809. The average molecular weight is 834 g/mol. The summed E-state index contributed by atoms with van der Waals surface area (Å²) >= 11 is 0. The molecule has 0 aromatic rings. The predicted molar refractivity (Wildman–Crippen MR) is 228 cm³/mol. The van der Waals surface area contributed by atoms with Crippen molar-refractivity contribution in [3.8, 4) is 0 Å². The largest absolute Gasteiger partial charge is 0.462 e. The van der Waals surface area contributed by atoms with E-state index in [1.165, 1.54) is 38.5 Å². The van der Waals surface area contributed by atoms with E-state index in [1.54, 1.807) is 0 Å². The maximum atomic E-state index is 13.1. The van der Waals surface area contributed by atoms with Gasteiger partial charge in [-0.1, -0.05) is 102 Å². The zero-order valence-electron chi connectivity index (χ0n) is 37.2. The lowest BCUT2D eigenvalue weighted by atomic mass is 9.80. The van der Waals surface area contributed by atoms with Crippen molar-refractivity contribution in [2.24, 2.45) is 5.41 Å². The van der Waals surface area contributed by atoms with Crippen LogP contribution in [0.4, 0.5) is 0 Å². The molecule has 0 radical (unpaired) electrons. The van der Waals surface area contributed by atoms with E-state index in [4.69, 9.17) is 28.4 Å². The molecule has 0 amide bonds. The van der Waals surface area contributed by atoms with Crippen molar-refractivity contribution < 1.29 is 52.4 Å². The first-order chi connectivity index (χ1) is 28.6. The lowest BCUT2D eigenvalue weighted by Gasteiger charge is -2.36. The Hall–Kier alpha value is -3.25. The molecule has 2 fully saturated rings. The van der Waals surface area contributed by atoms with Crippen LogP contribution in [-0.2, 0) is 52.4 Å². The van der Waals surface area contributed by atoms with Crippen molar-refractivity contribution in [1.29, 1.82) is 0 Å². The minimum atomic E-state index is -0.911. The minimum Gasteiger partial charge on any atom is -0.462 e. The predicted octanol–water partition coefficient (Wildman–Crippen LogP) is 9.30. The number of rotatable bonds is 33. The zero-order valence-corrected chi connectivity index (χ0v) is 37.2. The van der Waals surface area contributed by atoms with Crippen molar-refractivity contribution in [2.45, 2.75) is 193 Å². The Morgan fingerprint density at radius 2 is 1.05 bits per heavy atom. The normalized spacial score (nSPS) is 19.2. The molecule has 0 aromatic heterocycles. The second-order valence-corrected chi connectivity index (χ2v) is 16.7. The first-order valence-electron chi connectivity index (χ1n) is 23.1. The van der Waals surface area contributed by atoms with Crippen LogP contribution in [0.1, 0.15) is 175 Å². The van der Waals surface area contributed by atoms with Gasteiger partial charge in [0, 0.05) is 25.7 Å². The van der Waals surface area contributed by atoms with Gasteiger partial charge in [0.2, 0.25) is 0 Å². The second-order valence-electron chi connectivity index (χ2n) is 16.7. The van der Waals surface area contributed by atoms with Crippen LogP contribution >= 0.6 is 0 Å². The van der Waals surface area contributed by atoms with E-state index in [0.29, 0.717) is 64.6 Å². The van der Waals surface area contributed by atoms with E-state index in [9.17, 15) is 24.0 Å². The van der Waals surface area contributed by atoms with Crippen LogP contribution < -0.4 is 0 Å². The number of piperidine rings is 1. The van der Waals surface area contributed by atoms with Gasteiger partial charge < -0.3 is 33.3 Å². The molecule has 2 heterocycles. The summed E-state index contributed by atoms with van der Waals surface area (Å²) in [6, 6.07) is 0. The molecule has 0 unspecified atom stereocenters. The number of likely N-dealkylation sites (tertiary alicyclic amines) is 1. The molecule has 12 nitrogen and oxygen atoms in total. The maximum absolute atomic E-state index is 13.1. The number of carbonyl (C=O) groups excluding carboxylic acids is 5. The summed E-state index contributed by atoms with van der Waals surface area (Å²) in [5.74, 6) is -1.61. The van der Waals surface area contributed by atoms with Crippen molar-refractivity contribution in [2.75, 3.05) is 46.6 Å². The van der Waals surface area contributed by atoms with Gasteiger partial charge in [-0.3, -0.25) is 24.0 Å². The van der Waals surface area contributed by atoms with Gasteiger partial charge in [-0.05, 0) is 91.3 Å². The third-order valence-electron chi connectivity index (χ3n) is 11.2. The summed E-state index contributed by atoms with van der Waals surface area (Å²) in [4.78, 5) is 65.4. The van der Waals surface area contributed by atoms with Gasteiger partial charge in [-0.15, -0.1) is 0 Å². The molecular weight excluding hydrogens is 755 g/mol. The average Bonchev–Trinajstić information content (AvgIpc) is 3.59. The molecule has 0 spiro atoms. The van der Waals surface area contributed by atoms with E-state index >= 15 is 0 Å². The van der Waals surface area contributed by atoms with E-state index in [0.717, 1.165) is 64.5 Å². The number of unbranched alkanes of at least 4 members (excludes halogenated alkanes) is 14. The summed E-state index contributed by atoms with van der Waals surface area (Å²) < 4.78 is 33.9. The molecule has 2 rings (SSSR count). The van der Waals surface area contributed by atoms with Crippen LogP contribution in [0.3, 0.4) is 0 Å². The smallest absolute Gasteiger partial charge is 0.311 e. The Morgan fingerprint density at radius 3 is 1.54 bits per heavy atom. The van der Waals surface area contributed by atoms with Crippen LogP contribution in [0.25, 0.3) is 0 Å². The molecule has 2 aliphatic heterocycles. The number of hydrogen-bond donors (Lipinski definition) is 0. The van der Waals surface area contributed by atoms with Crippen molar-refractivity contribution in [3.05, 3.63) is 24.3 Å². The lowest BCUT2D eigenvalue weighted by Crippen LogP contribution is -2.44. The van der Waals surface area contributed by atoms with E-state index in [1.807, 2.05) is 26.1 Å². The van der Waals surface area contributed by atoms with Gasteiger partial charge in [-0.25, -0.2) is 0 Å². The summed E-state index contributed by atoms with van der Waals surface area (Å²) in [5.41, 5.74) is -0.602. The van der Waals surface area contributed by atoms with Gasteiger partial charge in [0.1, 0.15) is 25.9 Å². The molecule has 0 aliphatic carbocycles. The number of allylic oxidation sites excluding steroid dienone is 2. The number of nitrogens with zero attached hydrogens (tertiary/aromatic N) is 1. The maximum Gasteiger partial charge on any atom is 0.311 e. The first-order valence-corrected chi connectivity index (χ1v) is 23.1. The molecule has 0 saturated carbocycles. The van der Waals surface area contributed by atoms with Crippen LogP contribution in [0.15, 0.2) is 24.3 Å². The summed E-state index contributed by atoms with van der Waals surface area (Å²) in [5, 5.41) is 0. The molecule has 0 aromatic carbocycles. The standard InChI is InChI=1S/C47H79NO11/c1-5-7-9-11-13-19-25-35-54-41(49)27-21-15-17-23-29-43(51)58-40-38-56-39(37-57-46(53)47(3)31-33-48(4)34-32-47)45(40)59-44(52)30-24-18-16-22-28-42(50)55-36-26-20-14-12-10-8-6-2/h19-20,25-26,39-40,45H,5-18,21-24,27-38H2,1-4H3/b25-19-,26-20-/t39-,40+,45+/m1/s1. The molecule has 3 atom stereocenters. The molecule has 2 aliphatic rings. The zero-order chi connectivity index (χ0) is 43.0. The van der Waals surface area contributed by atoms with Crippen LogP contribution in [0.2, 0.25) is 0 Å². The molecule has 12 heteroatoms. The molecular formula is C47H79NO11. The Balaban J connectivity index is 1.73. The highest BCUT2D eigenvalue weighted by Crippen LogP contribution is 2.32. The highest BCUT2D eigenvalue weighted by atomic mass is 16.6. The fourth-order valence-corrected chi connectivity index (χ4v) is 7.09. The third kappa shape index (κ3) is 24.6. The Labute approximate surface area is 355 Å². The number of ether oxygens (including phenoxy) is 6. The quantitative estimate of drug-likeness (QED) is 0.0269. The molecule has 2 saturated heterocycles. The Bertz CT molecular complexity index is 1240. The van der Waals surface area contributed by atoms with Crippen molar-refractivity contribution in [3.63, 3.8) is 0 Å². The summed E-state index contributed by atoms with van der Waals surface area (Å²) in [6.45, 7) is 8.41. The highest BCUT2D eigenvalue weighted by molar-refractivity contribution is 5.76. The number of carbonyl (C=O) groups is 5. The van der Waals surface area contributed by atoms with E-state index < -0.39 is 35.7 Å². The minimum absolute atomic E-state index is 0.0228. The Morgan fingerprint density at radius 1 is 0.593 bits per heavy atom. The topological polar surface area (TPSA) is 144 Å². The molecule has 0 N–H and O–H groups in total. The summed E-state index contributed by atoms with van der Waals surface area (Å²) in [7, 11) is 2.03. The van der Waals surface area contributed by atoms with Gasteiger partial charge in [-0.2, -0.15) is 0 Å². The van der Waals surface area contributed by atoms with Gasteiger partial charge in [0.15, 0.2) is 12.2 Å². The third-order valence-corrected chi connectivity index (χ3v) is 11.2. The molecule has 0 bridgehead atoms. The van der Waals surface area contributed by atoms with Gasteiger partial charge >= 0.3 is 29.8 Å². The molecule has 338 valence electrons. The van der Waals surface area contributed by atoms with Crippen molar-refractivity contribution >= 4 is 29.8 Å². The summed E-state index contributed by atoms with van der Waals surface area (Å²) in [6.07, 6.45) is 25.1. The van der Waals surface area contributed by atoms with Crippen LogP contribution in [0.5, 0.6) is 0 Å². The number of hydrogen-bond acceptors (Lipinski definition) is 12. The second kappa shape index (κ2) is 32.5. The molecule has 59 heavy (non-hydrogen) atoms. The SMILES string of the molecule is CCCCCC/C=C\COC(=O)CCCCCCC(=O)O[C@@H]1[C@@H](OC(=O)CCCCCCC(=O)OC/C=C\CCCCCC)CO[C@@H]1COC(=O)C1(C)CCN(C)CC1.